The van der Waals surface area contributed by atoms with Gasteiger partial charge in [0.1, 0.15) is 33.0 Å². The Morgan fingerprint density at radius 1 is 0.750 bits per heavy atom. The fourth-order valence-electron chi connectivity index (χ4n) is 1.40. The van der Waals surface area contributed by atoms with Crippen molar-refractivity contribution in [1.82, 2.24) is 4.90 Å². The minimum absolute atomic E-state index is 0.660. The summed E-state index contributed by atoms with van der Waals surface area (Å²) >= 11 is 0. The minimum atomic E-state index is -1.73. The molecule has 2 unspecified atom stereocenters. The zero-order chi connectivity index (χ0) is 12.8. The average molecular weight is 241 g/mol. The van der Waals surface area contributed by atoms with E-state index in [1.807, 2.05) is 0 Å². The van der Waals surface area contributed by atoms with Crippen LogP contribution < -0.4 is 4.90 Å². The summed E-state index contributed by atoms with van der Waals surface area (Å²) in [6.45, 7) is -3.89. The van der Waals surface area contributed by atoms with E-state index in [-0.39, 0.29) is 0 Å². The van der Waals surface area contributed by atoms with E-state index < -0.39 is 51.0 Å². The molecular weight excluding hydrogens is 222 g/mol. The molecule has 16 heavy (non-hydrogen) atoms. The Morgan fingerprint density at radius 3 is 1.25 bits per heavy atom. The van der Waals surface area contributed by atoms with Gasteiger partial charge in [0.15, 0.2) is 0 Å². The van der Waals surface area contributed by atoms with Crippen molar-refractivity contribution in [2.24, 2.45) is 0 Å². The van der Waals surface area contributed by atoms with Crippen LogP contribution in [0.3, 0.4) is 0 Å². The number of hydrogen-bond acceptors (Lipinski definition) is 8. The lowest BCUT2D eigenvalue weighted by molar-refractivity contribution is -0.151. The third-order valence-corrected chi connectivity index (χ3v) is 2.40. The summed E-state index contributed by atoms with van der Waals surface area (Å²) in [7, 11) is 0. The lowest BCUT2D eigenvalue weighted by Crippen LogP contribution is -2.69. The quantitative estimate of drug-likeness (QED) is 0.167. The fraction of sp³-hybridized carbons (Fsp3) is 1.00. The molecule has 0 aromatic carbocycles. The maximum absolute atomic E-state index is 9.42. The second-order valence-electron chi connectivity index (χ2n) is 3.43. The van der Waals surface area contributed by atoms with E-state index in [0.29, 0.717) is 4.90 Å². The molecule has 0 saturated carbocycles. The van der Waals surface area contributed by atoms with Gasteiger partial charge in [-0.1, -0.05) is 4.90 Å². The first-order valence-electron chi connectivity index (χ1n) is 4.71. The van der Waals surface area contributed by atoms with Crippen LogP contribution in [-0.2, 0) is 0 Å². The van der Waals surface area contributed by atoms with Gasteiger partial charge in [0, 0.05) is 0 Å². The zero-order valence-electron chi connectivity index (χ0n) is 8.77. The molecule has 1 radical (unpaired) electrons. The van der Waals surface area contributed by atoms with Gasteiger partial charge < -0.3 is 35.7 Å². The van der Waals surface area contributed by atoms with Crippen LogP contribution in [0.15, 0.2) is 0 Å². The third kappa shape index (κ3) is 3.09. The fourth-order valence-corrected chi connectivity index (χ4v) is 1.40. The molecule has 8 nitrogen and oxygen atoms in total. The Bertz CT molecular complexity index is 169. The first-order valence-corrected chi connectivity index (χ1v) is 4.71. The monoisotopic (exact) mass is 241 g/mol. The molecule has 0 rings (SSSR count). The van der Waals surface area contributed by atoms with Crippen LogP contribution in [-0.4, -0.2) is 86.8 Å². The molecule has 0 aliphatic heterocycles. The summed E-state index contributed by atoms with van der Waals surface area (Å²) in [4.78, 5) is 0.660. The van der Waals surface area contributed by atoms with Crippen molar-refractivity contribution >= 4 is 0 Å². The van der Waals surface area contributed by atoms with Crippen molar-refractivity contribution in [3.05, 3.63) is 0 Å². The molecule has 0 aromatic heterocycles. The number of rotatable bonds is 8. The summed E-state index contributed by atoms with van der Waals surface area (Å²) in [5.74, 6) is 0. The van der Waals surface area contributed by atoms with Gasteiger partial charge in [-0.2, -0.15) is 0 Å². The molecule has 0 bridgehead atoms. The molecular formula is C8H19NO7+. The first-order chi connectivity index (χ1) is 7.52. The first kappa shape index (κ1) is 15.7. The average Bonchev–Trinajstić information content (AvgIpc) is 2.34. The van der Waals surface area contributed by atoms with Gasteiger partial charge >= 0.3 is 0 Å². The highest BCUT2D eigenvalue weighted by Gasteiger charge is 2.52. The molecule has 0 amide bonds. The molecule has 0 aliphatic carbocycles. The molecule has 7 N–H and O–H groups in total. The molecule has 0 aromatic rings. The van der Waals surface area contributed by atoms with Gasteiger partial charge in [0.25, 0.3) is 12.5 Å². The number of nitrogens with zero attached hydrogens (tertiary/aromatic N) is 1. The highest BCUT2D eigenvalue weighted by molar-refractivity contribution is 4.96. The molecule has 0 spiro atoms. The maximum atomic E-state index is 9.42. The van der Waals surface area contributed by atoms with E-state index in [1.165, 1.54) is 0 Å². The lowest BCUT2D eigenvalue weighted by Gasteiger charge is -2.34. The van der Waals surface area contributed by atoms with Crippen molar-refractivity contribution in [2.45, 2.75) is 18.0 Å². The number of hydrogen-bond donors (Lipinski definition) is 7. The van der Waals surface area contributed by atoms with E-state index in [4.69, 9.17) is 25.5 Å². The Hall–Kier alpha value is -0.320. The second-order valence-corrected chi connectivity index (χ2v) is 3.43. The van der Waals surface area contributed by atoms with E-state index in [0.717, 1.165) is 0 Å². The van der Waals surface area contributed by atoms with Crippen LogP contribution >= 0.6 is 0 Å². The topological polar surface area (TPSA) is 148 Å². The zero-order valence-corrected chi connectivity index (χ0v) is 8.77. The predicted molar refractivity (Wildman–Crippen MR) is 52.3 cm³/mol. The molecule has 97 valence electrons. The van der Waals surface area contributed by atoms with Crippen LogP contribution in [0.4, 0.5) is 0 Å². The van der Waals surface area contributed by atoms with Crippen LogP contribution in [0, 0.1) is 0 Å². The Labute approximate surface area is 92.6 Å². The molecule has 0 fully saturated rings. The Kier molecular flexibility index (Phi) is 6.95. The van der Waals surface area contributed by atoms with Gasteiger partial charge in [0.2, 0.25) is 5.54 Å². The summed E-state index contributed by atoms with van der Waals surface area (Å²) in [6, 6.07) is 0. The second kappa shape index (κ2) is 7.09. The summed E-state index contributed by atoms with van der Waals surface area (Å²) in [5, 5.41) is 63.6. The third-order valence-electron chi connectivity index (χ3n) is 2.40. The largest absolute Gasteiger partial charge is 0.389 e. The van der Waals surface area contributed by atoms with E-state index in [9.17, 15) is 10.2 Å². The van der Waals surface area contributed by atoms with E-state index in [2.05, 4.69) is 0 Å². The predicted octanol–water partition coefficient (Wildman–Crippen LogP) is -4.54. The van der Waals surface area contributed by atoms with Gasteiger partial charge in [-0.25, -0.2) is 0 Å². The lowest BCUT2D eigenvalue weighted by atomic mass is 9.99. The van der Waals surface area contributed by atoms with Crippen LogP contribution in [0.2, 0.25) is 0 Å². The smallest absolute Gasteiger partial charge is 0.260 e. The maximum Gasteiger partial charge on any atom is 0.260 e. The SMILES string of the molecule is OCC(O)[N+](C(O)CO)C(CO)(CO)CO. The summed E-state index contributed by atoms with van der Waals surface area (Å²) in [5.41, 5.74) is -1.73. The highest BCUT2D eigenvalue weighted by Crippen LogP contribution is 2.16. The van der Waals surface area contributed by atoms with Crippen molar-refractivity contribution in [3.63, 3.8) is 0 Å². The Balaban J connectivity index is 5.10. The van der Waals surface area contributed by atoms with Gasteiger partial charge in [-0.3, -0.25) is 0 Å². The van der Waals surface area contributed by atoms with Crippen LogP contribution in [0.1, 0.15) is 0 Å². The number of aliphatic hydroxyl groups is 7. The van der Waals surface area contributed by atoms with Crippen LogP contribution in [0.25, 0.3) is 0 Å². The van der Waals surface area contributed by atoms with Crippen molar-refractivity contribution in [2.75, 3.05) is 33.0 Å². The van der Waals surface area contributed by atoms with E-state index >= 15 is 0 Å². The van der Waals surface area contributed by atoms with Gasteiger partial charge in [-0.15, -0.1) is 0 Å². The molecule has 0 saturated heterocycles. The standard InChI is InChI=1S/C8H19NO7/c10-1-6(15)9(7(16)2-11)8(3-12,4-13)5-14/h6-7,10-16H,1-5H2/q+1. The summed E-state index contributed by atoms with van der Waals surface area (Å²) in [6.07, 6.45) is -3.26. The highest BCUT2D eigenvalue weighted by atomic mass is 16.4. The minimum Gasteiger partial charge on any atom is -0.389 e. The van der Waals surface area contributed by atoms with Crippen molar-refractivity contribution in [3.8, 4) is 0 Å². The molecule has 0 aliphatic rings. The summed E-state index contributed by atoms with van der Waals surface area (Å²) < 4.78 is 0. The van der Waals surface area contributed by atoms with Crippen molar-refractivity contribution in [1.29, 1.82) is 0 Å². The molecule has 2 atom stereocenters. The van der Waals surface area contributed by atoms with E-state index in [1.54, 1.807) is 0 Å². The molecule has 8 heteroatoms. The van der Waals surface area contributed by atoms with Gasteiger partial charge in [0.05, 0.1) is 0 Å². The molecule has 0 heterocycles. The van der Waals surface area contributed by atoms with Gasteiger partial charge in [-0.05, 0) is 0 Å². The van der Waals surface area contributed by atoms with Crippen LogP contribution in [0.5, 0.6) is 0 Å². The van der Waals surface area contributed by atoms with Crippen molar-refractivity contribution < 1.29 is 35.7 Å². The number of aliphatic hydroxyl groups excluding tert-OH is 7. The Morgan fingerprint density at radius 2 is 1.06 bits per heavy atom. The normalized spacial score (nSPS) is 16.5.